The van der Waals surface area contributed by atoms with Crippen molar-refractivity contribution in [2.45, 2.75) is 5.75 Å². The highest BCUT2D eigenvalue weighted by molar-refractivity contribution is 8.13. The standard InChI is InChI=1S/C19H17N5OS/c20-19(26-14-16-4-2-1-3-5-16)24-23-12-15-6-8-17(9-7-15)25-18-13-21-10-11-22-18/h1-13H,14H2,(H2,20,24). The van der Waals surface area contributed by atoms with E-state index in [0.717, 1.165) is 11.3 Å². The summed E-state index contributed by atoms with van der Waals surface area (Å²) in [4.78, 5) is 8.01. The number of hydrogen-bond donors (Lipinski definition) is 1. The number of rotatable bonds is 6. The Bertz CT molecular complexity index is 867. The molecule has 0 aliphatic carbocycles. The lowest BCUT2D eigenvalue weighted by atomic mass is 10.2. The van der Waals surface area contributed by atoms with E-state index in [1.165, 1.54) is 17.3 Å². The Balaban J connectivity index is 1.51. The Kier molecular flexibility index (Phi) is 6.33. The minimum absolute atomic E-state index is 0.424. The van der Waals surface area contributed by atoms with Crippen LogP contribution in [0.1, 0.15) is 11.1 Å². The summed E-state index contributed by atoms with van der Waals surface area (Å²) in [6.07, 6.45) is 6.37. The molecule has 0 unspecified atom stereocenters. The second-order valence-electron chi connectivity index (χ2n) is 5.17. The highest BCUT2D eigenvalue weighted by Crippen LogP contribution is 2.18. The molecule has 0 saturated carbocycles. The van der Waals surface area contributed by atoms with Gasteiger partial charge in [-0.25, -0.2) is 4.98 Å². The average molecular weight is 363 g/mol. The first-order chi connectivity index (χ1) is 12.8. The molecule has 0 atom stereocenters. The fraction of sp³-hybridized carbons (Fsp3) is 0.0526. The minimum Gasteiger partial charge on any atom is -0.438 e. The van der Waals surface area contributed by atoms with E-state index in [4.69, 9.17) is 10.5 Å². The summed E-state index contributed by atoms with van der Waals surface area (Å²) >= 11 is 1.45. The number of amidine groups is 1. The number of aromatic nitrogens is 2. The van der Waals surface area contributed by atoms with Crippen LogP contribution in [0.3, 0.4) is 0 Å². The van der Waals surface area contributed by atoms with Gasteiger partial charge in [0, 0.05) is 18.1 Å². The van der Waals surface area contributed by atoms with Crippen molar-refractivity contribution in [2.75, 3.05) is 0 Å². The zero-order valence-corrected chi connectivity index (χ0v) is 14.7. The number of benzene rings is 2. The van der Waals surface area contributed by atoms with E-state index >= 15 is 0 Å². The first kappa shape index (κ1) is 17.6. The van der Waals surface area contributed by atoms with E-state index in [-0.39, 0.29) is 0 Å². The third-order valence-corrected chi connectivity index (χ3v) is 4.09. The Hall–Kier alpha value is -3.19. The SMILES string of the molecule is NC(=NN=Cc1ccc(Oc2cnccn2)cc1)SCc1ccccc1. The monoisotopic (exact) mass is 363 g/mol. The van der Waals surface area contributed by atoms with Crippen LogP contribution < -0.4 is 10.5 Å². The lowest BCUT2D eigenvalue weighted by Crippen LogP contribution is -2.05. The largest absolute Gasteiger partial charge is 0.438 e. The van der Waals surface area contributed by atoms with Crippen molar-refractivity contribution in [1.82, 2.24) is 9.97 Å². The molecule has 3 rings (SSSR count). The normalized spacial score (nSPS) is 11.6. The van der Waals surface area contributed by atoms with E-state index in [1.807, 2.05) is 54.6 Å². The number of nitrogens with zero attached hydrogens (tertiary/aromatic N) is 4. The quantitative estimate of drug-likeness (QED) is 0.408. The van der Waals surface area contributed by atoms with Gasteiger partial charge >= 0.3 is 0 Å². The molecule has 0 aliphatic heterocycles. The fourth-order valence-corrected chi connectivity index (χ4v) is 2.61. The van der Waals surface area contributed by atoms with Crippen LogP contribution in [0.15, 0.2) is 83.4 Å². The molecule has 1 aromatic heterocycles. The van der Waals surface area contributed by atoms with Gasteiger partial charge in [0.15, 0.2) is 5.17 Å². The topological polar surface area (TPSA) is 85.8 Å². The molecular formula is C19H17N5OS. The summed E-state index contributed by atoms with van der Waals surface area (Å²) in [5, 5.41) is 8.45. The number of ether oxygens (including phenoxy) is 1. The minimum atomic E-state index is 0.424. The van der Waals surface area contributed by atoms with Gasteiger partial charge in [-0.1, -0.05) is 42.1 Å². The van der Waals surface area contributed by atoms with Crippen molar-refractivity contribution in [3.63, 3.8) is 0 Å². The molecule has 0 amide bonds. The van der Waals surface area contributed by atoms with Crippen molar-refractivity contribution >= 4 is 23.1 Å². The van der Waals surface area contributed by atoms with Crippen LogP contribution in [0.25, 0.3) is 0 Å². The van der Waals surface area contributed by atoms with Crippen molar-refractivity contribution < 1.29 is 4.74 Å². The van der Waals surface area contributed by atoms with Gasteiger partial charge in [0.1, 0.15) is 5.75 Å². The van der Waals surface area contributed by atoms with Gasteiger partial charge < -0.3 is 10.5 Å². The molecule has 2 N–H and O–H groups in total. The molecule has 0 saturated heterocycles. The molecule has 7 heteroatoms. The van der Waals surface area contributed by atoms with Crippen LogP contribution in [0.5, 0.6) is 11.6 Å². The van der Waals surface area contributed by atoms with Crippen LogP contribution in [0.4, 0.5) is 0 Å². The molecule has 0 spiro atoms. The molecule has 0 bridgehead atoms. The zero-order valence-electron chi connectivity index (χ0n) is 13.9. The predicted octanol–water partition coefficient (Wildman–Crippen LogP) is 3.85. The van der Waals surface area contributed by atoms with Gasteiger partial charge in [0.2, 0.25) is 5.88 Å². The molecule has 3 aromatic rings. The molecular weight excluding hydrogens is 346 g/mol. The van der Waals surface area contributed by atoms with Crippen LogP contribution in [-0.2, 0) is 5.75 Å². The van der Waals surface area contributed by atoms with E-state index in [1.54, 1.807) is 24.8 Å². The molecule has 0 fully saturated rings. The Morgan fingerprint density at radius 2 is 1.88 bits per heavy atom. The van der Waals surface area contributed by atoms with Gasteiger partial charge in [0.25, 0.3) is 0 Å². The molecule has 130 valence electrons. The van der Waals surface area contributed by atoms with Crippen molar-refractivity contribution in [3.05, 3.63) is 84.3 Å². The summed E-state index contributed by atoms with van der Waals surface area (Å²) in [5.74, 6) is 1.88. The van der Waals surface area contributed by atoms with Gasteiger partial charge in [-0.05, 0) is 35.4 Å². The highest BCUT2D eigenvalue weighted by atomic mass is 32.2. The van der Waals surface area contributed by atoms with E-state index < -0.39 is 0 Å². The summed E-state index contributed by atoms with van der Waals surface area (Å²) in [5.41, 5.74) is 7.94. The maximum absolute atomic E-state index is 5.86. The summed E-state index contributed by atoms with van der Waals surface area (Å²) in [6, 6.07) is 17.5. The van der Waals surface area contributed by atoms with E-state index in [9.17, 15) is 0 Å². The molecule has 26 heavy (non-hydrogen) atoms. The van der Waals surface area contributed by atoms with Crippen LogP contribution in [0, 0.1) is 0 Å². The first-order valence-corrected chi connectivity index (χ1v) is 8.85. The predicted molar refractivity (Wildman–Crippen MR) is 106 cm³/mol. The third-order valence-electron chi connectivity index (χ3n) is 3.23. The molecule has 1 heterocycles. The molecule has 0 radical (unpaired) electrons. The van der Waals surface area contributed by atoms with Crippen molar-refractivity contribution in [2.24, 2.45) is 15.9 Å². The second kappa shape index (κ2) is 9.33. The summed E-state index contributed by atoms with van der Waals surface area (Å²) in [6.45, 7) is 0. The fourth-order valence-electron chi connectivity index (χ4n) is 1.99. The first-order valence-electron chi connectivity index (χ1n) is 7.87. The Morgan fingerprint density at radius 3 is 2.62 bits per heavy atom. The van der Waals surface area contributed by atoms with Gasteiger partial charge in [-0.3, -0.25) is 4.98 Å². The smallest absolute Gasteiger partial charge is 0.237 e. The lowest BCUT2D eigenvalue weighted by Gasteiger charge is -2.03. The summed E-state index contributed by atoms with van der Waals surface area (Å²) < 4.78 is 5.58. The molecule has 0 aliphatic rings. The Morgan fingerprint density at radius 1 is 1.08 bits per heavy atom. The maximum Gasteiger partial charge on any atom is 0.237 e. The number of thioether (sulfide) groups is 1. The Labute approximate surface area is 155 Å². The van der Waals surface area contributed by atoms with Crippen LogP contribution in [-0.4, -0.2) is 21.4 Å². The second-order valence-corrected chi connectivity index (χ2v) is 6.17. The van der Waals surface area contributed by atoms with E-state index in [0.29, 0.717) is 16.8 Å². The van der Waals surface area contributed by atoms with Crippen LogP contribution in [0.2, 0.25) is 0 Å². The number of nitrogens with two attached hydrogens (primary N) is 1. The molecule has 6 nitrogen and oxygen atoms in total. The zero-order chi connectivity index (χ0) is 18.0. The number of hydrogen-bond acceptors (Lipinski definition) is 6. The van der Waals surface area contributed by atoms with Gasteiger partial charge in [-0.2, -0.15) is 5.10 Å². The maximum atomic E-state index is 5.86. The average Bonchev–Trinajstić information content (AvgIpc) is 2.69. The van der Waals surface area contributed by atoms with Gasteiger partial charge in [-0.15, -0.1) is 5.10 Å². The third kappa shape index (κ3) is 5.71. The molecule has 2 aromatic carbocycles. The summed E-state index contributed by atoms with van der Waals surface area (Å²) in [7, 11) is 0. The van der Waals surface area contributed by atoms with Gasteiger partial charge in [0.05, 0.1) is 12.4 Å². The van der Waals surface area contributed by atoms with Crippen LogP contribution >= 0.6 is 11.8 Å². The van der Waals surface area contributed by atoms with E-state index in [2.05, 4.69) is 20.2 Å². The lowest BCUT2D eigenvalue weighted by molar-refractivity contribution is 0.460. The van der Waals surface area contributed by atoms with Crippen molar-refractivity contribution in [3.8, 4) is 11.6 Å². The van der Waals surface area contributed by atoms with Crippen molar-refractivity contribution in [1.29, 1.82) is 0 Å². The highest BCUT2D eigenvalue weighted by Gasteiger charge is 1.98.